The molecule has 0 saturated carbocycles. The summed E-state index contributed by atoms with van der Waals surface area (Å²) in [5, 5.41) is 12.2. The van der Waals surface area contributed by atoms with Crippen LogP contribution < -0.4 is 5.32 Å². The third-order valence-electron chi connectivity index (χ3n) is 6.50. The van der Waals surface area contributed by atoms with Crippen molar-refractivity contribution in [2.45, 2.75) is 52.5 Å². The summed E-state index contributed by atoms with van der Waals surface area (Å²) in [6.45, 7) is 9.22. The van der Waals surface area contributed by atoms with Crippen LogP contribution in [0.1, 0.15) is 58.1 Å². The Labute approximate surface area is 201 Å². The fourth-order valence-corrected chi connectivity index (χ4v) is 4.53. The molecule has 1 aliphatic carbocycles. The zero-order valence-corrected chi connectivity index (χ0v) is 20.6. The maximum Gasteiger partial charge on any atom is 0.407 e. The van der Waals surface area contributed by atoms with E-state index in [1.165, 1.54) is 18.7 Å². The van der Waals surface area contributed by atoms with E-state index in [2.05, 4.69) is 29.6 Å². The van der Waals surface area contributed by atoms with Gasteiger partial charge in [-0.15, -0.1) is 0 Å². The monoisotopic (exact) mass is 466 g/mol. The van der Waals surface area contributed by atoms with Crippen LogP contribution in [0.3, 0.4) is 0 Å². The highest BCUT2D eigenvalue weighted by Crippen LogP contribution is 2.44. The Morgan fingerprint density at radius 3 is 2.00 bits per heavy atom. The number of benzene rings is 2. The number of nitrogens with zero attached hydrogens (tertiary/aromatic N) is 1. The molecule has 0 radical (unpaired) electrons. The summed E-state index contributed by atoms with van der Waals surface area (Å²) < 4.78 is 5.57. The van der Waals surface area contributed by atoms with E-state index < -0.39 is 23.0 Å². The van der Waals surface area contributed by atoms with Crippen molar-refractivity contribution in [3.63, 3.8) is 0 Å². The number of hydrogen-bond donors (Lipinski definition) is 2. The van der Waals surface area contributed by atoms with E-state index in [0.717, 1.165) is 22.3 Å². The van der Waals surface area contributed by atoms with Gasteiger partial charge in [-0.2, -0.15) is 0 Å². The first-order valence-corrected chi connectivity index (χ1v) is 11.6. The Kier molecular flexibility index (Phi) is 7.34. The highest BCUT2D eigenvalue weighted by molar-refractivity contribution is 5.86. The minimum Gasteiger partial charge on any atom is -0.480 e. The zero-order valence-electron chi connectivity index (χ0n) is 20.6. The van der Waals surface area contributed by atoms with Crippen molar-refractivity contribution in [1.29, 1.82) is 0 Å². The fraction of sp³-hybridized carbons (Fsp3) is 0.444. The summed E-state index contributed by atoms with van der Waals surface area (Å²) in [5.41, 5.74) is 2.73. The third-order valence-corrected chi connectivity index (χ3v) is 6.50. The largest absolute Gasteiger partial charge is 0.480 e. The number of fused-ring (bicyclic) bond motifs is 3. The molecule has 2 amide bonds. The molecule has 0 atom stereocenters. The second-order valence-corrected chi connectivity index (χ2v) is 10.0. The zero-order chi connectivity index (χ0) is 25.1. The molecule has 0 aliphatic heterocycles. The van der Waals surface area contributed by atoms with E-state index in [0.29, 0.717) is 0 Å². The Hall–Kier alpha value is -3.35. The van der Waals surface area contributed by atoms with Gasteiger partial charge in [0.25, 0.3) is 0 Å². The van der Waals surface area contributed by atoms with Gasteiger partial charge >= 0.3 is 12.1 Å². The van der Waals surface area contributed by atoms with Crippen LogP contribution in [0.15, 0.2) is 48.5 Å². The average Bonchev–Trinajstić information content (AvgIpc) is 3.10. The molecule has 2 aromatic carbocycles. The van der Waals surface area contributed by atoms with Gasteiger partial charge in [0.05, 0.1) is 0 Å². The number of amides is 2. The molecule has 0 heterocycles. The average molecular weight is 467 g/mol. The molecule has 0 aromatic heterocycles. The van der Waals surface area contributed by atoms with Gasteiger partial charge in [-0.1, -0.05) is 62.4 Å². The number of nitrogens with one attached hydrogen (secondary N) is 1. The Bertz CT molecular complexity index is 1030. The van der Waals surface area contributed by atoms with E-state index in [1.807, 2.05) is 38.1 Å². The standard InChI is InChI=1S/C27H34N2O5/c1-6-29(27(4,5)24(31)32)23(30)15-26(2,3)17-28-25(33)34-16-22-20-13-9-7-11-18(20)19-12-8-10-14-21(19)22/h7-14,22H,6,15-17H2,1-5H3,(H,28,33)(H,31,32). The lowest BCUT2D eigenvalue weighted by molar-refractivity contribution is -0.157. The SMILES string of the molecule is CCN(C(=O)CC(C)(C)CNC(=O)OCC1c2ccccc2-c2ccccc21)C(C)(C)C(=O)O. The lowest BCUT2D eigenvalue weighted by Gasteiger charge is -2.36. The van der Waals surface area contributed by atoms with Crippen molar-refractivity contribution >= 4 is 18.0 Å². The molecule has 182 valence electrons. The van der Waals surface area contributed by atoms with Crippen LogP contribution >= 0.6 is 0 Å². The van der Waals surface area contributed by atoms with Crippen LogP contribution in [0.2, 0.25) is 0 Å². The summed E-state index contributed by atoms with van der Waals surface area (Å²) >= 11 is 0. The first-order valence-electron chi connectivity index (χ1n) is 11.6. The summed E-state index contributed by atoms with van der Waals surface area (Å²) in [4.78, 5) is 38.3. The molecule has 1 aliphatic rings. The van der Waals surface area contributed by atoms with Crippen LogP contribution in [0.25, 0.3) is 11.1 Å². The second-order valence-electron chi connectivity index (χ2n) is 10.0. The highest BCUT2D eigenvalue weighted by Gasteiger charge is 2.38. The van der Waals surface area contributed by atoms with Crippen LogP contribution in [0.5, 0.6) is 0 Å². The number of likely N-dealkylation sites (N-methyl/N-ethyl adjacent to an activating group) is 1. The molecule has 0 fully saturated rings. The van der Waals surface area contributed by atoms with Crippen LogP contribution in [0, 0.1) is 5.41 Å². The number of aliphatic carboxylic acids is 1. The fourth-order valence-electron chi connectivity index (χ4n) is 4.53. The number of carbonyl (C=O) groups is 3. The number of ether oxygens (including phenoxy) is 1. The van der Waals surface area contributed by atoms with Gasteiger partial charge < -0.3 is 20.1 Å². The van der Waals surface area contributed by atoms with Gasteiger partial charge in [-0.3, -0.25) is 4.79 Å². The summed E-state index contributed by atoms with van der Waals surface area (Å²) in [7, 11) is 0. The lowest BCUT2D eigenvalue weighted by Crippen LogP contribution is -2.54. The molecule has 34 heavy (non-hydrogen) atoms. The van der Waals surface area contributed by atoms with Crippen LogP contribution in [-0.4, -0.2) is 53.2 Å². The summed E-state index contributed by atoms with van der Waals surface area (Å²) in [6, 6.07) is 16.3. The van der Waals surface area contributed by atoms with Gasteiger partial charge in [0.15, 0.2) is 0 Å². The maximum absolute atomic E-state index is 12.8. The van der Waals surface area contributed by atoms with Crippen molar-refractivity contribution in [1.82, 2.24) is 10.2 Å². The highest BCUT2D eigenvalue weighted by atomic mass is 16.5. The van der Waals surface area contributed by atoms with Crippen molar-refractivity contribution in [3.8, 4) is 11.1 Å². The third kappa shape index (κ3) is 5.24. The molecule has 7 nitrogen and oxygen atoms in total. The van der Waals surface area contributed by atoms with E-state index >= 15 is 0 Å². The maximum atomic E-state index is 12.8. The van der Waals surface area contributed by atoms with Crippen molar-refractivity contribution in [3.05, 3.63) is 59.7 Å². The number of hydrogen-bond acceptors (Lipinski definition) is 4. The van der Waals surface area contributed by atoms with Crippen LogP contribution in [0.4, 0.5) is 4.79 Å². The number of carboxylic acids is 1. The minimum absolute atomic E-state index is 0.0240. The van der Waals surface area contributed by atoms with Crippen LogP contribution in [-0.2, 0) is 14.3 Å². The molecule has 2 aromatic rings. The molecule has 0 bridgehead atoms. The van der Waals surface area contributed by atoms with Gasteiger partial charge in [0, 0.05) is 25.4 Å². The molecule has 2 N–H and O–H groups in total. The van der Waals surface area contributed by atoms with E-state index in [4.69, 9.17) is 4.74 Å². The Balaban J connectivity index is 1.57. The molecule has 0 saturated heterocycles. The number of alkyl carbamates (subject to hydrolysis) is 1. The number of rotatable bonds is 9. The van der Waals surface area contributed by atoms with E-state index in [-0.39, 0.29) is 37.9 Å². The molecule has 0 unspecified atom stereocenters. The molecular weight excluding hydrogens is 432 g/mol. The normalized spacial score (nSPS) is 13.1. The predicted molar refractivity (Wildman–Crippen MR) is 131 cm³/mol. The van der Waals surface area contributed by atoms with Crippen molar-refractivity contribution < 1.29 is 24.2 Å². The van der Waals surface area contributed by atoms with Gasteiger partial charge in [0.1, 0.15) is 12.1 Å². The number of carbonyl (C=O) groups excluding carboxylic acids is 2. The van der Waals surface area contributed by atoms with Gasteiger partial charge in [-0.25, -0.2) is 9.59 Å². The smallest absolute Gasteiger partial charge is 0.407 e. The molecule has 7 heteroatoms. The number of carboxylic acid groups (broad SMARTS) is 1. The Morgan fingerprint density at radius 2 is 1.50 bits per heavy atom. The topological polar surface area (TPSA) is 95.9 Å². The molecule has 0 spiro atoms. The first-order chi connectivity index (χ1) is 16.0. The predicted octanol–water partition coefficient (Wildman–Crippen LogP) is 4.65. The lowest BCUT2D eigenvalue weighted by atomic mass is 9.87. The van der Waals surface area contributed by atoms with E-state index in [1.54, 1.807) is 6.92 Å². The summed E-state index contributed by atoms with van der Waals surface area (Å²) in [6.07, 6.45) is -0.443. The van der Waals surface area contributed by atoms with E-state index in [9.17, 15) is 19.5 Å². The first kappa shape index (κ1) is 25.3. The minimum atomic E-state index is -1.30. The quantitative estimate of drug-likeness (QED) is 0.561. The second kappa shape index (κ2) is 9.87. The molecular formula is C27H34N2O5. The van der Waals surface area contributed by atoms with Crippen molar-refractivity contribution in [2.24, 2.45) is 5.41 Å². The molecule has 3 rings (SSSR count). The van der Waals surface area contributed by atoms with Gasteiger partial charge in [-0.05, 0) is 48.4 Å². The van der Waals surface area contributed by atoms with Crippen molar-refractivity contribution in [2.75, 3.05) is 19.7 Å². The summed E-state index contributed by atoms with van der Waals surface area (Å²) in [5.74, 6) is -1.35. The van der Waals surface area contributed by atoms with Gasteiger partial charge in [0.2, 0.25) is 5.91 Å². The Morgan fingerprint density at radius 1 is 0.971 bits per heavy atom.